The van der Waals surface area contributed by atoms with Gasteiger partial charge >= 0.3 is 0 Å². The van der Waals surface area contributed by atoms with Gasteiger partial charge in [-0.1, -0.05) is 17.9 Å². The Hall–Kier alpha value is -1.90. The van der Waals surface area contributed by atoms with Crippen molar-refractivity contribution in [1.29, 1.82) is 0 Å². The second-order valence-electron chi connectivity index (χ2n) is 5.17. The van der Waals surface area contributed by atoms with Gasteiger partial charge in [0.2, 0.25) is 5.91 Å². The minimum Gasteiger partial charge on any atom is -0.384 e. The van der Waals surface area contributed by atoms with E-state index in [-0.39, 0.29) is 30.7 Å². The predicted molar refractivity (Wildman–Crippen MR) is 80.0 cm³/mol. The Bertz CT molecular complexity index is 547. The van der Waals surface area contributed by atoms with E-state index in [4.69, 9.17) is 5.11 Å². The molecule has 0 radical (unpaired) electrons. The highest BCUT2D eigenvalue weighted by molar-refractivity contribution is 5.78. The minimum atomic E-state index is -0.417. The molecule has 0 atom stereocenters. The third kappa shape index (κ3) is 6.39. The van der Waals surface area contributed by atoms with Crippen LogP contribution in [0.4, 0.5) is 4.39 Å². The van der Waals surface area contributed by atoms with E-state index in [1.165, 1.54) is 6.07 Å². The van der Waals surface area contributed by atoms with Gasteiger partial charge in [0.05, 0.1) is 12.1 Å². The molecule has 4 nitrogen and oxygen atoms in total. The Kier molecular flexibility index (Phi) is 6.86. The summed E-state index contributed by atoms with van der Waals surface area (Å²) in [4.78, 5) is 13.5. The van der Waals surface area contributed by atoms with Crippen LogP contribution in [-0.2, 0) is 11.3 Å². The quantitative estimate of drug-likeness (QED) is 0.800. The fraction of sp³-hybridized carbons (Fsp3) is 0.438. The summed E-state index contributed by atoms with van der Waals surface area (Å²) in [6, 6.07) is 4.75. The van der Waals surface area contributed by atoms with Crippen LogP contribution >= 0.6 is 0 Å². The highest BCUT2D eigenvalue weighted by Gasteiger charge is 2.09. The fourth-order valence-electron chi connectivity index (χ4n) is 1.88. The van der Waals surface area contributed by atoms with Crippen molar-refractivity contribution in [3.8, 4) is 11.8 Å². The molecule has 1 amide bonds. The number of aliphatic hydroxyl groups is 1. The third-order valence-electron chi connectivity index (χ3n) is 2.65. The van der Waals surface area contributed by atoms with Gasteiger partial charge in [0.25, 0.3) is 0 Å². The van der Waals surface area contributed by atoms with E-state index in [0.717, 1.165) is 5.56 Å². The van der Waals surface area contributed by atoms with Crippen LogP contribution in [0.3, 0.4) is 0 Å². The molecule has 5 heteroatoms. The van der Waals surface area contributed by atoms with Crippen molar-refractivity contribution in [1.82, 2.24) is 10.2 Å². The van der Waals surface area contributed by atoms with Gasteiger partial charge in [-0.3, -0.25) is 9.69 Å². The van der Waals surface area contributed by atoms with E-state index in [2.05, 4.69) is 17.2 Å². The summed E-state index contributed by atoms with van der Waals surface area (Å²) in [5, 5.41) is 11.5. The Morgan fingerprint density at radius 2 is 2.19 bits per heavy atom. The zero-order valence-corrected chi connectivity index (χ0v) is 12.6. The Morgan fingerprint density at radius 1 is 1.48 bits per heavy atom. The SMILES string of the molecule is CC(C)NC(=O)CN(C)Cc1ccc(F)c(C#CCO)c1. The van der Waals surface area contributed by atoms with Crippen molar-refractivity contribution in [2.45, 2.75) is 26.4 Å². The van der Waals surface area contributed by atoms with Crippen LogP contribution in [-0.4, -0.2) is 42.2 Å². The first-order valence-corrected chi connectivity index (χ1v) is 6.78. The zero-order valence-electron chi connectivity index (χ0n) is 12.6. The second-order valence-corrected chi connectivity index (χ2v) is 5.17. The molecule has 1 rings (SSSR count). The average Bonchev–Trinajstić information content (AvgIpc) is 2.38. The summed E-state index contributed by atoms with van der Waals surface area (Å²) < 4.78 is 13.5. The number of nitrogens with one attached hydrogen (secondary N) is 1. The van der Waals surface area contributed by atoms with Gasteiger partial charge in [0.1, 0.15) is 12.4 Å². The lowest BCUT2D eigenvalue weighted by atomic mass is 10.1. The van der Waals surface area contributed by atoms with Crippen LogP contribution in [0.5, 0.6) is 0 Å². The molecule has 0 saturated heterocycles. The Morgan fingerprint density at radius 3 is 2.81 bits per heavy atom. The number of halogens is 1. The van der Waals surface area contributed by atoms with Crippen LogP contribution in [0.25, 0.3) is 0 Å². The Balaban J connectivity index is 2.68. The lowest BCUT2D eigenvalue weighted by Crippen LogP contribution is -2.38. The number of carbonyl (C=O) groups excluding carboxylic acids is 1. The standard InChI is InChI=1S/C16H21FN2O2/c1-12(2)18-16(21)11-19(3)10-13-6-7-15(17)14(9-13)5-4-8-20/h6-7,9,12,20H,8,10-11H2,1-3H3,(H,18,21). The van der Waals surface area contributed by atoms with Gasteiger partial charge in [-0.2, -0.15) is 0 Å². The number of rotatable bonds is 5. The van der Waals surface area contributed by atoms with Crippen molar-refractivity contribution >= 4 is 5.91 Å². The molecule has 0 aromatic heterocycles. The predicted octanol–water partition coefficient (Wildman–Crippen LogP) is 1.13. The van der Waals surface area contributed by atoms with Crippen LogP contribution in [0.2, 0.25) is 0 Å². The molecule has 0 bridgehead atoms. The molecule has 0 aliphatic carbocycles. The van der Waals surface area contributed by atoms with Gasteiger partial charge in [-0.25, -0.2) is 4.39 Å². The number of hydrogen-bond donors (Lipinski definition) is 2. The molecule has 2 N–H and O–H groups in total. The molecular formula is C16H21FN2O2. The average molecular weight is 292 g/mol. The van der Waals surface area contributed by atoms with E-state index in [1.807, 2.05) is 25.8 Å². The third-order valence-corrected chi connectivity index (χ3v) is 2.65. The normalized spacial score (nSPS) is 10.4. The van der Waals surface area contributed by atoms with E-state index in [9.17, 15) is 9.18 Å². The van der Waals surface area contributed by atoms with Gasteiger partial charge in [0, 0.05) is 12.6 Å². The number of hydrogen-bond acceptors (Lipinski definition) is 3. The van der Waals surface area contributed by atoms with Crippen molar-refractivity contribution in [2.75, 3.05) is 20.2 Å². The number of nitrogens with zero attached hydrogens (tertiary/aromatic N) is 1. The topological polar surface area (TPSA) is 52.6 Å². The second kappa shape index (κ2) is 8.40. The first kappa shape index (κ1) is 17.2. The van der Waals surface area contributed by atoms with Gasteiger partial charge < -0.3 is 10.4 Å². The van der Waals surface area contributed by atoms with Crippen molar-refractivity contribution in [3.63, 3.8) is 0 Å². The molecule has 0 fully saturated rings. The summed E-state index contributed by atoms with van der Waals surface area (Å²) in [7, 11) is 1.82. The summed E-state index contributed by atoms with van der Waals surface area (Å²) in [5.41, 5.74) is 1.11. The summed E-state index contributed by atoms with van der Waals surface area (Å²) in [6.45, 7) is 4.29. The lowest BCUT2D eigenvalue weighted by Gasteiger charge is -2.17. The minimum absolute atomic E-state index is 0.0464. The summed E-state index contributed by atoms with van der Waals surface area (Å²) >= 11 is 0. The highest BCUT2D eigenvalue weighted by atomic mass is 19.1. The first-order valence-electron chi connectivity index (χ1n) is 6.78. The maximum Gasteiger partial charge on any atom is 0.234 e. The number of likely N-dealkylation sites (N-methyl/N-ethyl adjacent to an activating group) is 1. The molecule has 1 aromatic carbocycles. The number of benzene rings is 1. The van der Waals surface area contributed by atoms with Crippen LogP contribution < -0.4 is 5.32 Å². The van der Waals surface area contributed by atoms with Crippen molar-refractivity contribution in [3.05, 3.63) is 35.1 Å². The van der Waals surface area contributed by atoms with Gasteiger partial charge in [0.15, 0.2) is 0 Å². The molecule has 1 aromatic rings. The largest absolute Gasteiger partial charge is 0.384 e. The monoisotopic (exact) mass is 292 g/mol. The van der Waals surface area contributed by atoms with Crippen molar-refractivity contribution < 1.29 is 14.3 Å². The Labute approximate surface area is 125 Å². The van der Waals surface area contributed by atoms with Crippen molar-refractivity contribution in [2.24, 2.45) is 0 Å². The number of amides is 1. The number of carbonyl (C=O) groups is 1. The maximum atomic E-state index is 13.5. The van der Waals surface area contributed by atoms with Crippen LogP contribution in [0.15, 0.2) is 18.2 Å². The zero-order chi connectivity index (χ0) is 15.8. The van der Waals surface area contributed by atoms with E-state index >= 15 is 0 Å². The maximum absolute atomic E-state index is 13.5. The van der Waals surface area contributed by atoms with Gasteiger partial charge in [-0.05, 0) is 38.6 Å². The molecule has 0 heterocycles. The molecule has 0 aliphatic heterocycles. The van der Waals surface area contributed by atoms with Crippen LogP contribution in [0, 0.1) is 17.7 Å². The molecule has 0 spiro atoms. The lowest BCUT2D eigenvalue weighted by molar-refractivity contribution is -0.122. The highest BCUT2D eigenvalue weighted by Crippen LogP contribution is 2.11. The molecule has 0 saturated carbocycles. The summed E-state index contributed by atoms with van der Waals surface area (Å²) in [6.07, 6.45) is 0. The molecule has 0 aliphatic rings. The van der Waals surface area contributed by atoms with E-state index in [0.29, 0.717) is 6.54 Å². The fourth-order valence-corrected chi connectivity index (χ4v) is 1.88. The first-order chi connectivity index (χ1) is 9.92. The van der Waals surface area contributed by atoms with E-state index < -0.39 is 5.82 Å². The van der Waals surface area contributed by atoms with Gasteiger partial charge in [-0.15, -0.1) is 0 Å². The molecule has 21 heavy (non-hydrogen) atoms. The van der Waals surface area contributed by atoms with E-state index in [1.54, 1.807) is 12.1 Å². The molecule has 0 unspecified atom stereocenters. The number of aliphatic hydroxyl groups excluding tert-OH is 1. The molecule has 114 valence electrons. The summed E-state index contributed by atoms with van der Waals surface area (Å²) in [5.74, 6) is 4.53. The molecular weight excluding hydrogens is 271 g/mol. The van der Waals surface area contributed by atoms with Crippen LogP contribution in [0.1, 0.15) is 25.0 Å². The smallest absolute Gasteiger partial charge is 0.234 e.